The molecule has 0 unspecified atom stereocenters. The fraction of sp³-hybridized carbons (Fsp3) is 0.133. The van der Waals surface area contributed by atoms with Crippen LogP contribution in [-0.4, -0.2) is 13.0 Å². The minimum atomic E-state index is -0.186. The Labute approximate surface area is 131 Å². The first-order chi connectivity index (χ1) is 9.60. The van der Waals surface area contributed by atoms with Gasteiger partial charge in [-0.1, -0.05) is 39.7 Å². The van der Waals surface area contributed by atoms with E-state index in [0.717, 1.165) is 10.0 Å². The number of carbonyl (C=O) groups is 1. The van der Waals surface area contributed by atoms with Gasteiger partial charge in [0, 0.05) is 16.0 Å². The monoisotopic (exact) mass is 353 g/mol. The molecule has 2 aromatic carbocycles. The molecule has 0 bridgehead atoms. The van der Waals surface area contributed by atoms with Crippen molar-refractivity contribution in [3.05, 3.63) is 63.1 Å². The van der Waals surface area contributed by atoms with Crippen LogP contribution in [0.1, 0.15) is 15.9 Å². The summed E-state index contributed by atoms with van der Waals surface area (Å²) in [5.41, 5.74) is 1.44. The second-order valence-corrected chi connectivity index (χ2v) is 5.51. The van der Waals surface area contributed by atoms with Gasteiger partial charge in [-0.2, -0.15) is 0 Å². The molecule has 104 valence electrons. The van der Waals surface area contributed by atoms with Crippen molar-refractivity contribution in [3.8, 4) is 5.75 Å². The molecule has 0 heterocycles. The summed E-state index contributed by atoms with van der Waals surface area (Å²) in [6, 6.07) is 12.7. The highest BCUT2D eigenvalue weighted by Crippen LogP contribution is 2.23. The van der Waals surface area contributed by atoms with Gasteiger partial charge in [-0.05, 0) is 35.9 Å². The SMILES string of the molecule is COc1cc(Br)ccc1C(=O)NCc1cccc(Cl)c1. The first-order valence-corrected chi connectivity index (χ1v) is 7.13. The van der Waals surface area contributed by atoms with Gasteiger partial charge in [0.05, 0.1) is 12.7 Å². The lowest BCUT2D eigenvalue weighted by atomic mass is 10.1. The van der Waals surface area contributed by atoms with Crippen LogP contribution < -0.4 is 10.1 Å². The number of benzene rings is 2. The minimum absolute atomic E-state index is 0.186. The van der Waals surface area contributed by atoms with E-state index < -0.39 is 0 Å². The molecule has 0 saturated heterocycles. The Morgan fingerprint density at radius 2 is 2.10 bits per heavy atom. The van der Waals surface area contributed by atoms with Gasteiger partial charge in [-0.3, -0.25) is 4.79 Å². The number of carbonyl (C=O) groups excluding carboxylic acids is 1. The van der Waals surface area contributed by atoms with Crippen molar-refractivity contribution in [3.63, 3.8) is 0 Å². The lowest BCUT2D eigenvalue weighted by molar-refractivity contribution is 0.0948. The number of hydrogen-bond acceptors (Lipinski definition) is 2. The van der Waals surface area contributed by atoms with E-state index in [4.69, 9.17) is 16.3 Å². The molecule has 0 spiro atoms. The smallest absolute Gasteiger partial charge is 0.255 e. The van der Waals surface area contributed by atoms with Crippen molar-refractivity contribution in [2.24, 2.45) is 0 Å². The van der Waals surface area contributed by atoms with E-state index in [1.807, 2.05) is 18.2 Å². The summed E-state index contributed by atoms with van der Waals surface area (Å²) in [6.07, 6.45) is 0. The van der Waals surface area contributed by atoms with E-state index in [1.54, 1.807) is 24.3 Å². The summed E-state index contributed by atoms with van der Waals surface area (Å²) in [5, 5.41) is 3.49. The molecule has 0 fully saturated rings. The molecule has 0 aliphatic rings. The third kappa shape index (κ3) is 3.74. The van der Waals surface area contributed by atoms with E-state index >= 15 is 0 Å². The van der Waals surface area contributed by atoms with Gasteiger partial charge in [0.2, 0.25) is 0 Å². The summed E-state index contributed by atoms with van der Waals surface area (Å²) in [4.78, 5) is 12.2. The molecule has 0 aliphatic heterocycles. The van der Waals surface area contributed by atoms with Crippen LogP contribution in [0.15, 0.2) is 46.9 Å². The van der Waals surface area contributed by atoms with E-state index in [0.29, 0.717) is 22.9 Å². The van der Waals surface area contributed by atoms with E-state index in [1.165, 1.54) is 7.11 Å². The first-order valence-electron chi connectivity index (χ1n) is 5.96. The molecule has 2 aromatic rings. The van der Waals surface area contributed by atoms with E-state index in [9.17, 15) is 4.79 Å². The van der Waals surface area contributed by atoms with Crippen LogP contribution in [-0.2, 0) is 6.54 Å². The fourth-order valence-corrected chi connectivity index (χ4v) is 2.33. The minimum Gasteiger partial charge on any atom is -0.496 e. The van der Waals surface area contributed by atoms with Gasteiger partial charge in [0.15, 0.2) is 0 Å². The van der Waals surface area contributed by atoms with Crippen LogP contribution in [0.3, 0.4) is 0 Å². The van der Waals surface area contributed by atoms with Crippen LogP contribution >= 0.6 is 27.5 Å². The molecule has 0 radical (unpaired) electrons. The van der Waals surface area contributed by atoms with Crippen molar-refractivity contribution in [2.75, 3.05) is 7.11 Å². The third-order valence-electron chi connectivity index (χ3n) is 2.75. The summed E-state index contributed by atoms with van der Waals surface area (Å²) in [5.74, 6) is 0.345. The molecular weight excluding hydrogens is 342 g/mol. The Hall–Kier alpha value is -1.52. The highest BCUT2D eigenvalue weighted by molar-refractivity contribution is 9.10. The highest BCUT2D eigenvalue weighted by atomic mass is 79.9. The number of methoxy groups -OCH3 is 1. The number of hydrogen-bond donors (Lipinski definition) is 1. The molecule has 0 saturated carbocycles. The third-order valence-corrected chi connectivity index (χ3v) is 3.48. The normalized spacial score (nSPS) is 10.2. The average molecular weight is 355 g/mol. The number of rotatable bonds is 4. The zero-order chi connectivity index (χ0) is 14.5. The molecule has 1 amide bonds. The van der Waals surface area contributed by atoms with Gasteiger partial charge in [0.25, 0.3) is 5.91 Å². The zero-order valence-corrected chi connectivity index (χ0v) is 13.2. The molecule has 1 N–H and O–H groups in total. The second kappa shape index (κ2) is 6.77. The molecule has 0 atom stereocenters. The number of nitrogens with one attached hydrogen (secondary N) is 1. The van der Waals surface area contributed by atoms with Crippen LogP contribution in [0.2, 0.25) is 5.02 Å². The summed E-state index contributed by atoms with van der Waals surface area (Å²) in [6.45, 7) is 0.415. The van der Waals surface area contributed by atoms with E-state index in [2.05, 4.69) is 21.2 Å². The Morgan fingerprint density at radius 3 is 2.80 bits per heavy atom. The van der Waals surface area contributed by atoms with Crippen molar-refractivity contribution in [1.82, 2.24) is 5.32 Å². The lowest BCUT2D eigenvalue weighted by Crippen LogP contribution is -2.23. The Kier molecular flexibility index (Phi) is 5.04. The topological polar surface area (TPSA) is 38.3 Å². The molecule has 3 nitrogen and oxygen atoms in total. The van der Waals surface area contributed by atoms with Crippen molar-refractivity contribution >= 4 is 33.4 Å². The predicted octanol–water partition coefficient (Wildman–Crippen LogP) is 4.04. The molecule has 0 aromatic heterocycles. The first kappa shape index (κ1) is 14.9. The fourth-order valence-electron chi connectivity index (χ4n) is 1.78. The summed E-state index contributed by atoms with van der Waals surface area (Å²) < 4.78 is 6.07. The maximum atomic E-state index is 12.2. The summed E-state index contributed by atoms with van der Waals surface area (Å²) >= 11 is 9.25. The average Bonchev–Trinajstić information content (AvgIpc) is 2.44. The van der Waals surface area contributed by atoms with Gasteiger partial charge in [-0.15, -0.1) is 0 Å². The predicted molar refractivity (Wildman–Crippen MR) is 83.3 cm³/mol. The second-order valence-electron chi connectivity index (χ2n) is 4.16. The van der Waals surface area contributed by atoms with Crippen LogP contribution in [0.25, 0.3) is 0 Å². The van der Waals surface area contributed by atoms with Crippen LogP contribution in [0.5, 0.6) is 5.75 Å². The maximum absolute atomic E-state index is 12.2. The summed E-state index contributed by atoms with van der Waals surface area (Å²) in [7, 11) is 1.54. The van der Waals surface area contributed by atoms with Gasteiger partial charge >= 0.3 is 0 Å². The van der Waals surface area contributed by atoms with Crippen LogP contribution in [0, 0.1) is 0 Å². The van der Waals surface area contributed by atoms with Crippen molar-refractivity contribution in [2.45, 2.75) is 6.54 Å². The van der Waals surface area contributed by atoms with Gasteiger partial charge in [0.1, 0.15) is 5.75 Å². The molecule has 5 heteroatoms. The van der Waals surface area contributed by atoms with Gasteiger partial charge in [-0.25, -0.2) is 0 Å². The van der Waals surface area contributed by atoms with E-state index in [-0.39, 0.29) is 5.91 Å². The quantitative estimate of drug-likeness (QED) is 0.900. The Balaban J connectivity index is 2.09. The van der Waals surface area contributed by atoms with Gasteiger partial charge < -0.3 is 10.1 Å². The molecule has 0 aliphatic carbocycles. The van der Waals surface area contributed by atoms with Crippen molar-refractivity contribution < 1.29 is 9.53 Å². The molecule has 20 heavy (non-hydrogen) atoms. The lowest BCUT2D eigenvalue weighted by Gasteiger charge is -2.10. The Bertz CT molecular complexity index is 631. The number of halogens is 2. The standard InChI is InChI=1S/C15H13BrClNO2/c1-20-14-8-11(16)5-6-13(14)15(19)18-9-10-3-2-4-12(17)7-10/h2-8H,9H2,1H3,(H,18,19). The maximum Gasteiger partial charge on any atom is 0.255 e. The molecule has 2 rings (SSSR count). The largest absolute Gasteiger partial charge is 0.496 e. The number of amides is 1. The zero-order valence-electron chi connectivity index (χ0n) is 10.8. The van der Waals surface area contributed by atoms with Crippen LogP contribution in [0.4, 0.5) is 0 Å². The highest BCUT2D eigenvalue weighted by Gasteiger charge is 2.12. The number of ether oxygens (including phenoxy) is 1. The van der Waals surface area contributed by atoms with Crippen molar-refractivity contribution in [1.29, 1.82) is 0 Å². The Morgan fingerprint density at radius 1 is 1.30 bits per heavy atom. The molecular formula is C15H13BrClNO2.